The number of nitrogens with one attached hydrogen (secondary N) is 1. The largest absolute Gasteiger partial charge is 0.381 e. The standard InChI is InChI=1S/C16H26N2O3/c1-13(21-14-6-4-2-3-5-7-14)15(19)18-16(12-17)8-10-20-11-9-16/h13-14H,2-11H2,1H3,(H,18,19). The van der Waals surface area contributed by atoms with Crippen LogP contribution in [0.1, 0.15) is 58.3 Å². The zero-order valence-electron chi connectivity index (χ0n) is 12.9. The van der Waals surface area contributed by atoms with E-state index in [0.29, 0.717) is 26.1 Å². The van der Waals surface area contributed by atoms with Crippen molar-refractivity contribution in [2.75, 3.05) is 13.2 Å². The van der Waals surface area contributed by atoms with Crippen LogP contribution in [0.4, 0.5) is 0 Å². The Balaban J connectivity index is 1.85. The molecule has 1 saturated heterocycles. The first-order chi connectivity index (χ1) is 10.2. The number of nitriles is 1. The monoisotopic (exact) mass is 294 g/mol. The highest BCUT2D eigenvalue weighted by Gasteiger charge is 2.35. The quantitative estimate of drug-likeness (QED) is 0.808. The first-order valence-corrected chi connectivity index (χ1v) is 8.12. The zero-order valence-corrected chi connectivity index (χ0v) is 12.9. The summed E-state index contributed by atoms with van der Waals surface area (Å²) in [6, 6.07) is 2.25. The van der Waals surface area contributed by atoms with Crippen LogP contribution in [0.15, 0.2) is 0 Å². The van der Waals surface area contributed by atoms with Gasteiger partial charge in [-0.15, -0.1) is 0 Å². The number of hydrogen-bond acceptors (Lipinski definition) is 4. The van der Waals surface area contributed by atoms with Gasteiger partial charge in [0.25, 0.3) is 0 Å². The second-order valence-corrected chi connectivity index (χ2v) is 6.19. The molecule has 1 amide bonds. The first kappa shape index (κ1) is 16.3. The molecule has 1 atom stereocenters. The van der Waals surface area contributed by atoms with E-state index in [1.54, 1.807) is 6.92 Å². The zero-order chi connectivity index (χ0) is 15.1. The highest BCUT2D eigenvalue weighted by atomic mass is 16.5. The Bertz CT molecular complexity index is 377. The molecule has 2 aliphatic rings. The topological polar surface area (TPSA) is 71.3 Å². The maximum absolute atomic E-state index is 12.3. The predicted molar refractivity (Wildman–Crippen MR) is 78.6 cm³/mol. The third-order valence-electron chi connectivity index (χ3n) is 4.49. The molecular formula is C16H26N2O3. The van der Waals surface area contributed by atoms with Crippen LogP contribution in [0.2, 0.25) is 0 Å². The molecular weight excluding hydrogens is 268 g/mol. The number of rotatable bonds is 4. The van der Waals surface area contributed by atoms with Crippen LogP contribution in [-0.4, -0.2) is 36.9 Å². The van der Waals surface area contributed by atoms with E-state index in [9.17, 15) is 10.1 Å². The molecule has 0 aromatic carbocycles. The van der Waals surface area contributed by atoms with Gasteiger partial charge in [0.05, 0.1) is 12.2 Å². The lowest BCUT2D eigenvalue weighted by molar-refractivity contribution is -0.138. The number of hydrogen-bond donors (Lipinski definition) is 1. The van der Waals surface area contributed by atoms with Crippen LogP contribution < -0.4 is 5.32 Å². The molecule has 0 bridgehead atoms. The Morgan fingerprint density at radius 3 is 2.48 bits per heavy atom. The minimum Gasteiger partial charge on any atom is -0.381 e. The summed E-state index contributed by atoms with van der Waals surface area (Å²) in [5, 5.41) is 12.3. The van der Waals surface area contributed by atoms with Gasteiger partial charge < -0.3 is 14.8 Å². The molecule has 0 aromatic heterocycles. The van der Waals surface area contributed by atoms with Crippen molar-refractivity contribution < 1.29 is 14.3 Å². The van der Waals surface area contributed by atoms with E-state index in [2.05, 4.69) is 11.4 Å². The molecule has 5 nitrogen and oxygen atoms in total. The maximum Gasteiger partial charge on any atom is 0.250 e. The molecule has 2 rings (SSSR count). The van der Waals surface area contributed by atoms with Crippen molar-refractivity contribution in [1.82, 2.24) is 5.32 Å². The Kier molecular flexibility index (Phi) is 6.01. The summed E-state index contributed by atoms with van der Waals surface area (Å²) >= 11 is 0. The number of nitrogens with zero attached hydrogens (tertiary/aromatic N) is 1. The molecule has 118 valence electrons. The lowest BCUT2D eigenvalue weighted by atomic mass is 9.91. The van der Waals surface area contributed by atoms with Crippen molar-refractivity contribution in [3.05, 3.63) is 0 Å². The maximum atomic E-state index is 12.3. The molecule has 2 fully saturated rings. The lowest BCUT2D eigenvalue weighted by Gasteiger charge is -2.33. The van der Waals surface area contributed by atoms with Gasteiger partial charge in [0.1, 0.15) is 11.6 Å². The Labute approximate surface area is 127 Å². The van der Waals surface area contributed by atoms with E-state index < -0.39 is 11.6 Å². The Morgan fingerprint density at radius 1 is 1.29 bits per heavy atom. The second kappa shape index (κ2) is 7.77. The van der Waals surface area contributed by atoms with Crippen LogP contribution in [0, 0.1) is 11.3 Å². The van der Waals surface area contributed by atoms with Crippen molar-refractivity contribution in [2.24, 2.45) is 0 Å². The molecule has 0 spiro atoms. The van der Waals surface area contributed by atoms with Gasteiger partial charge >= 0.3 is 0 Å². The normalized spacial score (nSPS) is 24.6. The van der Waals surface area contributed by atoms with Crippen molar-refractivity contribution in [3.8, 4) is 6.07 Å². The van der Waals surface area contributed by atoms with Crippen LogP contribution in [0.5, 0.6) is 0 Å². The van der Waals surface area contributed by atoms with Crippen molar-refractivity contribution in [1.29, 1.82) is 5.26 Å². The first-order valence-electron chi connectivity index (χ1n) is 8.12. The van der Waals surface area contributed by atoms with Gasteiger partial charge in [-0.05, 0) is 19.8 Å². The molecule has 1 N–H and O–H groups in total. The summed E-state index contributed by atoms with van der Waals surface area (Å²) < 4.78 is 11.2. The third-order valence-corrected chi connectivity index (χ3v) is 4.49. The molecule has 0 radical (unpaired) electrons. The molecule has 21 heavy (non-hydrogen) atoms. The molecule has 1 aliphatic carbocycles. The van der Waals surface area contributed by atoms with Gasteiger partial charge in [-0.3, -0.25) is 4.79 Å². The molecule has 1 aliphatic heterocycles. The summed E-state index contributed by atoms with van der Waals surface area (Å²) in [5.41, 5.74) is -0.781. The average Bonchev–Trinajstić information content (AvgIpc) is 2.76. The summed E-state index contributed by atoms with van der Waals surface area (Å²) in [7, 11) is 0. The fourth-order valence-corrected chi connectivity index (χ4v) is 3.05. The highest BCUT2D eigenvalue weighted by Crippen LogP contribution is 2.22. The van der Waals surface area contributed by atoms with Crippen LogP contribution in [0.3, 0.4) is 0 Å². The molecule has 1 unspecified atom stereocenters. The fourth-order valence-electron chi connectivity index (χ4n) is 3.05. The molecule has 0 aromatic rings. The molecule has 1 heterocycles. The van der Waals surface area contributed by atoms with Crippen LogP contribution in [0.25, 0.3) is 0 Å². The highest BCUT2D eigenvalue weighted by molar-refractivity contribution is 5.81. The van der Waals surface area contributed by atoms with Crippen LogP contribution in [-0.2, 0) is 14.3 Å². The minimum atomic E-state index is -0.781. The van der Waals surface area contributed by atoms with Gasteiger partial charge in [-0.2, -0.15) is 5.26 Å². The third kappa shape index (κ3) is 4.69. The van der Waals surface area contributed by atoms with Crippen molar-refractivity contribution in [3.63, 3.8) is 0 Å². The fraction of sp³-hybridized carbons (Fsp3) is 0.875. The van der Waals surface area contributed by atoms with Crippen molar-refractivity contribution in [2.45, 2.75) is 76.0 Å². The predicted octanol–water partition coefficient (Wildman–Crippen LogP) is 2.30. The minimum absolute atomic E-state index is 0.178. The SMILES string of the molecule is CC(OC1CCCCCC1)C(=O)NC1(C#N)CCOCC1. The van der Waals surface area contributed by atoms with Crippen molar-refractivity contribution >= 4 is 5.91 Å². The van der Waals surface area contributed by atoms with Gasteiger partial charge in [0.15, 0.2) is 0 Å². The number of amides is 1. The van der Waals surface area contributed by atoms with E-state index in [1.807, 2.05) is 0 Å². The summed E-state index contributed by atoms with van der Waals surface area (Å²) in [5.74, 6) is -0.178. The summed E-state index contributed by atoms with van der Waals surface area (Å²) in [6.07, 6.45) is 7.73. The van der Waals surface area contributed by atoms with E-state index in [-0.39, 0.29) is 12.0 Å². The molecule has 5 heteroatoms. The lowest BCUT2D eigenvalue weighted by Crippen LogP contribution is -2.54. The summed E-state index contributed by atoms with van der Waals surface area (Å²) in [4.78, 5) is 12.3. The van der Waals surface area contributed by atoms with Gasteiger partial charge in [0, 0.05) is 26.1 Å². The summed E-state index contributed by atoms with van der Waals surface area (Å²) in [6.45, 7) is 2.82. The van der Waals surface area contributed by atoms with E-state index in [1.165, 1.54) is 25.7 Å². The van der Waals surface area contributed by atoms with E-state index >= 15 is 0 Å². The molecule has 1 saturated carbocycles. The van der Waals surface area contributed by atoms with Crippen LogP contribution >= 0.6 is 0 Å². The van der Waals surface area contributed by atoms with Gasteiger partial charge in [0.2, 0.25) is 5.91 Å². The Hall–Kier alpha value is -1.12. The van der Waals surface area contributed by atoms with E-state index in [4.69, 9.17) is 9.47 Å². The van der Waals surface area contributed by atoms with E-state index in [0.717, 1.165) is 12.8 Å². The number of ether oxygens (including phenoxy) is 2. The van der Waals surface area contributed by atoms with Gasteiger partial charge in [-0.1, -0.05) is 25.7 Å². The smallest absolute Gasteiger partial charge is 0.250 e. The van der Waals surface area contributed by atoms with Gasteiger partial charge in [-0.25, -0.2) is 0 Å². The number of carbonyl (C=O) groups excluding carboxylic acids is 1. The average molecular weight is 294 g/mol. The number of carbonyl (C=O) groups is 1. The second-order valence-electron chi connectivity index (χ2n) is 6.19. The Morgan fingerprint density at radius 2 is 1.90 bits per heavy atom.